The van der Waals surface area contributed by atoms with E-state index in [-0.39, 0.29) is 17.5 Å². The molecule has 1 atom stereocenters. The van der Waals surface area contributed by atoms with Crippen LogP contribution < -0.4 is 5.32 Å². The first-order valence-electron chi connectivity index (χ1n) is 5.76. The van der Waals surface area contributed by atoms with Gasteiger partial charge in [-0.05, 0) is 25.8 Å². The van der Waals surface area contributed by atoms with Gasteiger partial charge in [-0.25, -0.2) is 0 Å². The lowest BCUT2D eigenvalue weighted by Crippen LogP contribution is -2.49. The molecule has 2 heterocycles. The van der Waals surface area contributed by atoms with Crippen molar-refractivity contribution in [3.8, 4) is 0 Å². The topological polar surface area (TPSA) is 47.6 Å². The predicted octanol–water partition coefficient (Wildman–Crippen LogP) is 0.708. The quantitative estimate of drug-likeness (QED) is 0.701. The van der Waals surface area contributed by atoms with Crippen molar-refractivity contribution in [1.82, 2.24) is 5.32 Å². The van der Waals surface area contributed by atoms with Crippen molar-refractivity contribution in [3.63, 3.8) is 0 Å². The molecule has 2 fully saturated rings. The highest BCUT2D eigenvalue weighted by Gasteiger charge is 2.41. The number of rotatable bonds is 3. The Balaban J connectivity index is 1.93. The van der Waals surface area contributed by atoms with Crippen LogP contribution in [-0.4, -0.2) is 38.4 Å². The maximum absolute atomic E-state index is 12.0. The normalized spacial score (nSPS) is 32.1. The van der Waals surface area contributed by atoms with Gasteiger partial charge >= 0.3 is 5.97 Å². The van der Waals surface area contributed by atoms with E-state index in [1.165, 1.54) is 0 Å². The van der Waals surface area contributed by atoms with Gasteiger partial charge in [-0.15, -0.1) is 0 Å². The average molecular weight is 213 g/mol. The smallest absolute Gasteiger partial charge is 0.313 e. The largest absolute Gasteiger partial charge is 0.457 e. The first-order valence-corrected chi connectivity index (χ1v) is 5.76. The molecule has 0 bridgehead atoms. The third kappa shape index (κ3) is 2.16. The molecule has 4 nitrogen and oxygen atoms in total. The molecule has 0 saturated carbocycles. The van der Waals surface area contributed by atoms with Gasteiger partial charge in [0, 0.05) is 6.54 Å². The molecule has 86 valence electrons. The van der Waals surface area contributed by atoms with Crippen LogP contribution in [0.5, 0.6) is 0 Å². The Morgan fingerprint density at radius 1 is 1.60 bits per heavy atom. The zero-order valence-electron chi connectivity index (χ0n) is 9.25. The van der Waals surface area contributed by atoms with Crippen molar-refractivity contribution in [1.29, 1.82) is 0 Å². The van der Waals surface area contributed by atoms with E-state index < -0.39 is 0 Å². The van der Waals surface area contributed by atoms with Gasteiger partial charge in [0.05, 0.1) is 18.6 Å². The predicted molar refractivity (Wildman–Crippen MR) is 55.5 cm³/mol. The molecule has 0 aromatic rings. The number of esters is 1. The molecule has 2 saturated heterocycles. The third-order valence-electron chi connectivity index (χ3n) is 3.46. The highest BCUT2D eigenvalue weighted by Crippen LogP contribution is 2.32. The zero-order valence-corrected chi connectivity index (χ0v) is 9.25. The maximum atomic E-state index is 12.0. The van der Waals surface area contributed by atoms with E-state index in [2.05, 4.69) is 12.2 Å². The van der Waals surface area contributed by atoms with Gasteiger partial charge < -0.3 is 14.8 Å². The fourth-order valence-electron chi connectivity index (χ4n) is 2.15. The molecule has 0 spiro atoms. The lowest BCUT2D eigenvalue weighted by Gasteiger charge is -2.37. The van der Waals surface area contributed by atoms with Gasteiger partial charge in [0.15, 0.2) is 0 Å². The van der Waals surface area contributed by atoms with Crippen LogP contribution in [0.1, 0.15) is 26.2 Å². The van der Waals surface area contributed by atoms with Crippen molar-refractivity contribution < 1.29 is 14.3 Å². The molecule has 0 aromatic heterocycles. The second-order valence-corrected chi connectivity index (χ2v) is 4.48. The summed E-state index contributed by atoms with van der Waals surface area (Å²) in [5, 5.41) is 3.28. The van der Waals surface area contributed by atoms with Crippen molar-refractivity contribution in [2.75, 3.05) is 26.3 Å². The SMILES string of the molecule is CCC1(C(=O)OC2COC2)CCCNC1. The van der Waals surface area contributed by atoms with Crippen LogP contribution in [-0.2, 0) is 14.3 Å². The van der Waals surface area contributed by atoms with E-state index in [0.29, 0.717) is 13.2 Å². The summed E-state index contributed by atoms with van der Waals surface area (Å²) in [6, 6.07) is 0. The summed E-state index contributed by atoms with van der Waals surface area (Å²) in [7, 11) is 0. The molecule has 0 aliphatic carbocycles. The van der Waals surface area contributed by atoms with Crippen LogP contribution in [0.25, 0.3) is 0 Å². The standard InChI is InChI=1S/C11H19NO3/c1-2-11(4-3-5-12-8-11)10(13)15-9-6-14-7-9/h9,12H,2-8H2,1H3. The summed E-state index contributed by atoms with van der Waals surface area (Å²) in [5.41, 5.74) is -0.284. The Morgan fingerprint density at radius 3 is 2.87 bits per heavy atom. The van der Waals surface area contributed by atoms with Crippen LogP contribution >= 0.6 is 0 Å². The summed E-state index contributed by atoms with van der Waals surface area (Å²) in [5.74, 6) is -0.0366. The molecule has 2 rings (SSSR count). The van der Waals surface area contributed by atoms with Crippen LogP contribution in [0.15, 0.2) is 0 Å². The molecule has 1 N–H and O–H groups in total. The molecule has 15 heavy (non-hydrogen) atoms. The fourth-order valence-corrected chi connectivity index (χ4v) is 2.15. The highest BCUT2D eigenvalue weighted by molar-refractivity contribution is 5.77. The molecule has 0 radical (unpaired) electrons. The third-order valence-corrected chi connectivity index (χ3v) is 3.46. The number of piperidine rings is 1. The average Bonchev–Trinajstić information content (AvgIpc) is 2.24. The van der Waals surface area contributed by atoms with Crippen LogP contribution in [0.2, 0.25) is 0 Å². The number of carbonyl (C=O) groups is 1. The van der Waals surface area contributed by atoms with Gasteiger partial charge in [-0.2, -0.15) is 0 Å². The van der Waals surface area contributed by atoms with E-state index in [9.17, 15) is 4.79 Å². The molecule has 0 aromatic carbocycles. The first kappa shape index (κ1) is 10.9. The Bertz CT molecular complexity index is 232. The maximum Gasteiger partial charge on any atom is 0.313 e. The van der Waals surface area contributed by atoms with Gasteiger partial charge in [0.25, 0.3) is 0 Å². The van der Waals surface area contributed by atoms with E-state index in [1.807, 2.05) is 0 Å². The molecular formula is C11H19NO3. The van der Waals surface area contributed by atoms with E-state index >= 15 is 0 Å². The highest BCUT2D eigenvalue weighted by atomic mass is 16.6. The Hall–Kier alpha value is -0.610. The van der Waals surface area contributed by atoms with E-state index in [4.69, 9.17) is 9.47 Å². The second-order valence-electron chi connectivity index (χ2n) is 4.48. The van der Waals surface area contributed by atoms with Gasteiger partial charge in [0.2, 0.25) is 0 Å². The molecule has 0 amide bonds. The molecule has 1 unspecified atom stereocenters. The summed E-state index contributed by atoms with van der Waals surface area (Å²) in [4.78, 5) is 12.0. The van der Waals surface area contributed by atoms with E-state index in [0.717, 1.165) is 32.4 Å². The minimum Gasteiger partial charge on any atom is -0.457 e. The first-order chi connectivity index (χ1) is 7.27. The molecule has 2 aliphatic heterocycles. The Morgan fingerprint density at radius 2 is 2.40 bits per heavy atom. The van der Waals surface area contributed by atoms with Crippen molar-refractivity contribution >= 4 is 5.97 Å². The summed E-state index contributed by atoms with van der Waals surface area (Å²) < 4.78 is 10.4. The minimum atomic E-state index is -0.284. The summed E-state index contributed by atoms with van der Waals surface area (Å²) >= 11 is 0. The lowest BCUT2D eigenvalue weighted by molar-refractivity contribution is -0.184. The van der Waals surface area contributed by atoms with Crippen LogP contribution in [0, 0.1) is 5.41 Å². The lowest BCUT2D eigenvalue weighted by atomic mass is 9.78. The second kappa shape index (κ2) is 4.49. The van der Waals surface area contributed by atoms with Crippen LogP contribution in [0.3, 0.4) is 0 Å². The number of ether oxygens (including phenoxy) is 2. The zero-order chi connectivity index (χ0) is 10.7. The molecule has 2 aliphatic rings. The number of hydrogen-bond donors (Lipinski definition) is 1. The van der Waals surface area contributed by atoms with Gasteiger partial charge in [-0.3, -0.25) is 4.79 Å². The molecule has 4 heteroatoms. The summed E-state index contributed by atoms with van der Waals surface area (Å²) in [6.45, 7) is 4.97. The molecular weight excluding hydrogens is 194 g/mol. The van der Waals surface area contributed by atoms with Crippen molar-refractivity contribution in [3.05, 3.63) is 0 Å². The Kier molecular flexibility index (Phi) is 3.26. The van der Waals surface area contributed by atoms with Crippen LogP contribution in [0.4, 0.5) is 0 Å². The Labute approximate surface area is 90.3 Å². The minimum absolute atomic E-state index is 0.00264. The number of carbonyl (C=O) groups excluding carboxylic acids is 1. The number of hydrogen-bond acceptors (Lipinski definition) is 4. The van der Waals surface area contributed by atoms with Gasteiger partial charge in [-0.1, -0.05) is 6.92 Å². The van der Waals surface area contributed by atoms with E-state index in [1.54, 1.807) is 0 Å². The monoisotopic (exact) mass is 213 g/mol. The van der Waals surface area contributed by atoms with Crippen molar-refractivity contribution in [2.45, 2.75) is 32.3 Å². The fraction of sp³-hybridized carbons (Fsp3) is 0.909. The van der Waals surface area contributed by atoms with Gasteiger partial charge in [0.1, 0.15) is 6.10 Å². The number of nitrogens with one attached hydrogen (secondary N) is 1. The summed E-state index contributed by atoms with van der Waals surface area (Å²) in [6.07, 6.45) is 2.86. The van der Waals surface area contributed by atoms with Crippen molar-refractivity contribution in [2.24, 2.45) is 5.41 Å².